The number of benzene rings is 3. The molecule has 0 aromatic heterocycles. The lowest BCUT2D eigenvalue weighted by molar-refractivity contribution is -0.122. The fourth-order valence-electron chi connectivity index (χ4n) is 4.46. The Bertz CT molecular complexity index is 1190. The van der Waals surface area contributed by atoms with E-state index in [4.69, 9.17) is 4.74 Å². The summed E-state index contributed by atoms with van der Waals surface area (Å²) in [7, 11) is 0. The fourth-order valence-corrected chi connectivity index (χ4v) is 4.46. The Labute approximate surface area is 192 Å². The number of anilines is 1. The molecular weight excluding hydrogens is 414 g/mol. The van der Waals surface area contributed by atoms with Gasteiger partial charge in [-0.05, 0) is 48.2 Å². The molecule has 2 aliphatic rings. The maximum atomic E-state index is 12.7. The quantitative estimate of drug-likeness (QED) is 0.307. The van der Waals surface area contributed by atoms with Gasteiger partial charge in [-0.3, -0.25) is 19.3 Å². The lowest BCUT2D eigenvalue weighted by Crippen LogP contribution is -2.30. The van der Waals surface area contributed by atoms with Crippen molar-refractivity contribution in [3.63, 3.8) is 0 Å². The zero-order chi connectivity index (χ0) is 22.8. The van der Waals surface area contributed by atoms with Crippen molar-refractivity contribution >= 4 is 23.3 Å². The molecule has 1 fully saturated rings. The molecule has 1 saturated heterocycles. The third-order valence-corrected chi connectivity index (χ3v) is 6.29. The van der Waals surface area contributed by atoms with Gasteiger partial charge in [-0.25, -0.2) is 0 Å². The normalized spacial score (nSPS) is 19.5. The summed E-state index contributed by atoms with van der Waals surface area (Å²) in [6.45, 7) is -0.0958. The first kappa shape index (κ1) is 20.9. The molecule has 0 bridgehead atoms. The number of ketones is 1. The molecule has 33 heavy (non-hydrogen) atoms. The molecule has 1 aliphatic carbocycles. The van der Waals surface area contributed by atoms with Crippen molar-refractivity contribution in [2.75, 3.05) is 11.5 Å². The number of ether oxygens (including phenoxy) is 1. The number of Topliss-reactive ketones (excluding diaryl/α,β-unsaturated/α-hetero) is 1. The van der Waals surface area contributed by atoms with E-state index >= 15 is 0 Å². The molecule has 2 amide bonds. The average molecular weight is 437 g/mol. The van der Waals surface area contributed by atoms with Crippen LogP contribution in [0.25, 0.3) is 11.1 Å². The topological polar surface area (TPSA) is 63.7 Å². The number of rotatable bonds is 6. The Morgan fingerprint density at radius 1 is 0.758 bits per heavy atom. The predicted molar refractivity (Wildman–Crippen MR) is 126 cm³/mol. The van der Waals surface area contributed by atoms with E-state index in [0.29, 0.717) is 29.8 Å². The highest BCUT2D eigenvalue weighted by molar-refractivity contribution is 6.22. The molecule has 3 aromatic carbocycles. The van der Waals surface area contributed by atoms with Crippen LogP contribution in [0.2, 0.25) is 0 Å². The van der Waals surface area contributed by atoms with Gasteiger partial charge in [0, 0.05) is 5.56 Å². The van der Waals surface area contributed by atoms with E-state index in [9.17, 15) is 14.4 Å². The van der Waals surface area contributed by atoms with Crippen LogP contribution in [0.4, 0.5) is 5.69 Å². The van der Waals surface area contributed by atoms with Crippen LogP contribution in [-0.4, -0.2) is 24.2 Å². The standard InChI is InChI=1S/C28H23NO4/c30-26(21-12-10-20(11-13-21)19-6-2-1-3-7-19)18-33-23-16-14-22(15-17-23)29-27(31)24-8-4-5-9-25(24)28(29)32/h1-7,10-17,24-25H,8-9,18H2. The van der Waals surface area contributed by atoms with E-state index in [2.05, 4.69) is 0 Å². The summed E-state index contributed by atoms with van der Waals surface area (Å²) in [6.07, 6.45) is 5.17. The summed E-state index contributed by atoms with van der Waals surface area (Å²) in [4.78, 5) is 39.3. The van der Waals surface area contributed by atoms with Gasteiger partial charge in [0.1, 0.15) is 5.75 Å². The second-order valence-electron chi connectivity index (χ2n) is 8.32. The van der Waals surface area contributed by atoms with Gasteiger partial charge in [-0.15, -0.1) is 0 Å². The number of hydrogen-bond acceptors (Lipinski definition) is 4. The SMILES string of the molecule is O=C(COc1ccc(N2C(=O)C3CC=CCC3C2=O)cc1)c1ccc(-c2ccccc2)cc1. The maximum absolute atomic E-state index is 12.7. The largest absolute Gasteiger partial charge is 0.485 e. The van der Waals surface area contributed by atoms with Crippen LogP contribution in [0.3, 0.4) is 0 Å². The van der Waals surface area contributed by atoms with Crippen molar-refractivity contribution in [3.05, 3.63) is 96.6 Å². The van der Waals surface area contributed by atoms with Crippen molar-refractivity contribution < 1.29 is 19.1 Å². The molecule has 0 radical (unpaired) electrons. The van der Waals surface area contributed by atoms with Gasteiger partial charge in [0.25, 0.3) is 0 Å². The first-order valence-electron chi connectivity index (χ1n) is 11.1. The van der Waals surface area contributed by atoms with Gasteiger partial charge in [-0.1, -0.05) is 66.7 Å². The summed E-state index contributed by atoms with van der Waals surface area (Å²) in [5.74, 6) is -0.422. The highest BCUT2D eigenvalue weighted by Gasteiger charge is 2.47. The number of carbonyl (C=O) groups excluding carboxylic acids is 3. The van der Waals surface area contributed by atoms with E-state index in [1.54, 1.807) is 36.4 Å². The summed E-state index contributed by atoms with van der Waals surface area (Å²) in [6, 6.07) is 24.2. The zero-order valence-electron chi connectivity index (χ0n) is 18.0. The summed E-state index contributed by atoms with van der Waals surface area (Å²) < 4.78 is 5.66. The van der Waals surface area contributed by atoms with Crippen LogP contribution < -0.4 is 9.64 Å². The Hall–Kier alpha value is -3.99. The van der Waals surface area contributed by atoms with Crippen molar-refractivity contribution in [3.8, 4) is 16.9 Å². The van der Waals surface area contributed by atoms with Crippen molar-refractivity contribution in [1.29, 1.82) is 0 Å². The number of imide groups is 1. The van der Waals surface area contributed by atoms with Gasteiger partial charge >= 0.3 is 0 Å². The molecular formula is C28H23NO4. The smallest absolute Gasteiger partial charge is 0.238 e. The Morgan fingerprint density at radius 2 is 1.33 bits per heavy atom. The van der Waals surface area contributed by atoms with Gasteiger partial charge in [0.05, 0.1) is 17.5 Å². The molecule has 1 aliphatic heterocycles. The van der Waals surface area contributed by atoms with Gasteiger partial charge in [0.15, 0.2) is 12.4 Å². The van der Waals surface area contributed by atoms with Crippen molar-refractivity contribution in [1.82, 2.24) is 0 Å². The molecule has 0 N–H and O–H groups in total. The third kappa shape index (κ3) is 4.10. The maximum Gasteiger partial charge on any atom is 0.238 e. The predicted octanol–water partition coefficient (Wildman–Crippen LogP) is 5.07. The molecule has 2 atom stereocenters. The van der Waals surface area contributed by atoms with Crippen LogP contribution in [0.1, 0.15) is 23.2 Å². The molecule has 3 aromatic rings. The fraction of sp³-hybridized carbons (Fsp3) is 0.179. The van der Waals surface area contributed by atoms with E-state index in [1.165, 1.54) is 4.90 Å². The van der Waals surface area contributed by atoms with Crippen LogP contribution in [0.15, 0.2) is 91.0 Å². The van der Waals surface area contributed by atoms with E-state index in [1.807, 2.05) is 54.6 Å². The third-order valence-electron chi connectivity index (χ3n) is 6.29. The summed E-state index contributed by atoms with van der Waals surface area (Å²) >= 11 is 0. The first-order valence-corrected chi connectivity index (χ1v) is 11.1. The number of fused-ring (bicyclic) bond motifs is 1. The highest BCUT2D eigenvalue weighted by atomic mass is 16.5. The van der Waals surface area contributed by atoms with E-state index in [-0.39, 0.29) is 36.0 Å². The Morgan fingerprint density at radius 3 is 1.94 bits per heavy atom. The van der Waals surface area contributed by atoms with Crippen LogP contribution in [0, 0.1) is 11.8 Å². The van der Waals surface area contributed by atoms with Crippen LogP contribution >= 0.6 is 0 Å². The highest BCUT2D eigenvalue weighted by Crippen LogP contribution is 2.38. The molecule has 0 saturated carbocycles. The average Bonchev–Trinajstić information content (AvgIpc) is 3.13. The molecule has 2 unspecified atom stereocenters. The number of amides is 2. The number of allylic oxidation sites excluding steroid dienone is 2. The first-order chi connectivity index (χ1) is 16.1. The number of hydrogen-bond donors (Lipinski definition) is 0. The molecule has 5 rings (SSSR count). The molecule has 0 spiro atoms. The summed E-state index contributed by atoms with van der Waals surface area (Å²) in [5.41, 5.74) is 3.26. The van der Waals surface area contributed by atoms with Gasteiger partial charge in [-0.2, -0.15) is 0 Å². The summed E-state index contributed by atoms with van der Waals surface area (Å²) in [5, 5.41) is 0. The minimum absolute atomic E-state index is 0.0958. The Balaban J connectivity index is 1.21. The zero-order valence-corrected chi connectivity index (χ0v) is 18.0. The van der Waals surface area contributed by atoms with Crippen molar-refractivity contribution in [2.24, 2.45) is 11.8 Å². The van der Waals surface area contributed by atoms with E-state index in [0.717, 1.165) is 11.1 Å². The second kappa shape index (κ2) is 8.87. The number of nitrogens with zero attached hydrogens (tertiary/aromatic N) is 1. The number of carbonyl (C=O) groups is 3. The minimum atomic E-state index is -0.260. The molecule has 5 nitrogen and oxygen atoms in total. The Kier molecular flexibility index (Phi) is 5.61. The van der Waals surface area contributed by atoms with Crippen LogP contribution in [0.5, 0.6) is 5.75 Å². The minimum Gasteiger partial charge on any atom is -0.485 e. The lowest BCUT2D eigenvalue weighted by Gasteiger charge is -2.15. The van der Waals surface area contributed by atoms with Crippen LogP contribution in [-0.2, 0) is 9.59 Å². The van der Waals surface area contributed by atoms with Gasteiger partial charge < -0.3 is 4.74 Å². The molecule has 5 heteroatoms. The second-order valence-corrected chi connectivity index (χ2v) is 8.32. The monoisotopic (exact) mass is 437 g/mol. The van der Waals surface area contributed by atoms with E-state index < -0.39 is 0 Å². The molecule has 164 valence electrons. The van der Waals surface area contributed by atoms with Crippen molar-refractivity contribution in [2.45, 2.75) is 12.8 Å². The lowest BCUT2D eigenvalue weighted by atomic mass is 9.85. The van der Waals surface area contributed by atoms with Gasteiger partial charge in [0.2, 0.25) is 11.8 Å². The molecule has 1 heterocycles.